The summed E-state index contributed by atoms with van der Waals surface area (Å²) in [6.45, 7) is 2.11. The number of thioether (sulfide) groups is 1. The van der Waals surface area contributed by atoms with E-state index in [-0.39, 0.29) is 5.92 Å². The number of nitrogens with zero attached hydrogens (tertiary/aromatic N) is 1. The second kappa shape index (κ2) is 3.93. The monoisotopic (exact) mass is 213 g/mol. The van der Waals surface area contributed by atoms with Crippen LogP contribution >= 0.6 is 11.8 Å². The Balaban J connectivity index is 1.99. The van der Waals surface area contributed by atoms with Gasteiger partial charge in [-0.25, -0.2) is 0 Å². The highest BCUT2D eigenvalue weighted by Crippen LogP contribution is 2.40. The van der Waals surface area contributed by atoms with E-state index in [1.165, 1.54) is 5.04 Å². The number of fused-ring (bicyclic) bond motifs is 1. The number of carboxylic acid groups (broad SMARTS) is 1. The SMILES string of the molecule is CCC1=NC2CCC(C(=O)O)CC2S1. The lowest BCUT2D eigenvalue weighted by molar-refractivity contribution is -0.142. The molecule has 0 aromatic heterocycles. The number of hydrogen-bond acceptors (Lipinski definition) is 3. The number of hydrogen-bond donors (Lipinski definition) is 1. The molecule has 1 N–H and O–H groups in total. The first kappa shape index (κ1) is 10.0. The first-order valence-corrected chi connectivity index (χ1v) is 6.04. The summed E-state index contributed by atoms with van der Waals surface area (Å²) in [5.74, 6) is -0.760. The van der Waals surface area contributed by atoms with Crippen LogP contribution in [0.5, 0.6) is 0 Å². The predicted molar refractivity (Wildman–Crippen MR) is 57.9 cm³/mol. The van der Waals surface area contributed by atoms with Gasteiger partial charge in [-0.15, -0.1) is 11.8 Å². The predicted octanol–water partition coefficient (Wildman–Crippen LogP) is 2.16. The molecule has 0 amide bonds. The number of aliphatic imine (C=N–C) groups is 1. The average Bonchev–Trinajstić information content (AvgIpc) is 2.58. The van der Waals surface area contributed by atoms with E-state index in [2.05, 4.69) is 11.9 Å². The van der Waals surface area contributed by atoms with Crippen molar-refractivity contribution in [2.75, 3.05) is 0 Å². The Morgan fingerprint density at radius 2 is 2.43 bits per heavy atom. The number of carbonyl (C=O) groups is 1. The molecule has 3 unspecified atom stereocenters. The lowest BCUT2D eigenvalue weighted by Gasteiger charge is -2.27. The highest BCUT2D eigenvalue weighted by molar-refractivity contribution is 8.14. The van der Waals surface area contributed by atoms with Gasteiger partial charge in [0.15, 0.2) is 0 Å². The molecule has 0 aromatic carbocycles. The molecule has 0 saturated heterocycles. The molecule has 1 saturated carbocycles. The highest BCUT2D eigenvalue weighted by atomic mass is 32.2. The Hall–Kier alpha value is -0.510. The normalized spacial score (nSPS) is 36.4. The van der Waals surface area contributed by atoms with E-state index in [9.17, 15) is 4.79 Å². The molecule has 0 radical (unpaired) electrons. The Morgan fingerprint density at radius 3 is 3.07 bits per heavy atom. The molecule has 4 heteroatoms. The standard InChI is InChI=1S/C10H15NO2S/c1-2-9-11-7-4-3-6(10(12)13)5-8(7)14-9/h6-8H,2-5H2,1H3,(H,12,13). The third kappa shape index (κ3) is 1.80. The van der Waals surface area contributed by atoms with Crippen LogP contribution in [0.3, 0.4) is 0 Å². The van der Waals surface area contributed by atoms with Gasteiger partial charge in [0.2, 0.25) is 0 Å². The fraction of sp³-hybridized carbons (Fsp3) is 0.800. The molecule has 2 rings (SSSR count). The summed E-state index contributed by atoms with van der Waals surface area (Å²) >= 11 is 1.80. The van der Waals surface area contributed by atoms with Gasteiger partial charge in [0.1, 0.15) is 0 Å². The van der Waals surface area contributed by atoms with Crippen molar-refractivity contribution in [3.05, 3.63) is 0 Å². The molecule has 3 atom stereocenters. The summed E-state index contributed by atoms with van der Waals surface area (Å²) in [4.78, 5) is 15.5. The maximum absolute atomic E-state index is 10.8. The molecule has 2 aliphatic rings. The quantitative estimate of drug-likeness (QED) is 0.764. The average molecular weight is 213 g/mol. The van der Waals surface area contributed by atoms with Crippen molar-refractivity contribution < 1.29 is 9.90 Å². The molecular formula is C10H15NO2S. The summed E-state index contributed by atoms with van der Waals surface area (Å²) in [6.07, 6.45) is 3.56. The van der Waals surface area contributed by atoms with Crippen LogP contribution in [0.15, 0.2) is 4.99 Å². The molecule has 0 aromatic rings. The lowest BCUT2D eigenvalue weighted by Crippen LogP contribution is -2.31. The van der Waals surface area contributed by atoms with Gasteiger partial charge in [-0.3, -0.25) is 9.79 Å². The van der Waals surface area contributed by atoms with Crippen molar-refractivity contribution in [1.82, 2.24) is 0 Å². The van der Waals surface area contributed by atoms with Gasteiger partial charge >= 0.3 is 5.97 Å². The van der Waals surface area contributed by atoms with Crippen molar-refractivity contribution >= 4 is 22.8 Å². The number of carboxylic acids is 1. The van der Waals surface area contributed by atoms with Crippen LogP contribution in [-0.2, 0) is 4.79 Å². The Bertz CT molecular complexity index is 277. The van der Waals surface area contributed by atoms with E-state index < -0.39 is 5.97 Å². The van der Waals surface area contributed by atoms with Crippen LogP contribution in [0, 0.1) is 5.92 Å². The lowest BCUT2D eigenvalue weighted by atomic mass is 9.86. The molecule has 0 spiro atoms. The fourth-order valence-corrected chi connectivity index (χ4v) is 3.57. The summed E-state index contributed by atoms with van der Waals surface area (Å²) < 4.78 is 0. The Labute approximate surface area is 88.0 Å². The molecule has 78 valence electrons. The van der Waals surface area contributed by atoms with E-state index in [1.807, 2.05) is 0 Å². The third-order valence-corrected chi connectivity index (χ3v) is 4.48. The number of rotatable bonds is 2. The van der Waals surface area contributed by atoms with Gasteiger partial charge in [0.05, 0.1) is 17.0 Å². The zero-order valence-corrected chi connectivity index (χ0v) is 9.09. The molecule has 14 heavy (non-hydrogen) atoms. The smallest absolute Gasteiger partial charge is 0.306 e. The molecule has 1 fully saturated rings. The van der Waals surface area contributed by atoms with Crippen LogP contribution in [-0.4, -0.2) is 27.4 Å². The summed E-state index contributed by atoms with van der Waals surface area (Å²) in [5.41, 5.74) is 0. The second-order valence-corrected chi connectivity index (χ2v) is 5.26. The maximum Gasteiger partial charge on any atom is 0.306 e. The van der Waals surface area contributed by atoms with Crippen molar-refractivity contribution in [2.24, 2.45) is 10.9 Å². The maximum atomic E-state index is 10.8. The molecule has 0 bridgehead atoms. The van der Waals surface area contributed by atoms with Crippen LogP contribution in [0.1, 0.15) is 32.6 Å². The minimum atomic E-state index is -0.631. The first-order valence-electron chi connectivity index (χ1n) is 5.17. The van der Waals surface area contributed by atoms with E-state index in [1.54, 1.807) is 11.8 Å². The van der Waals surface area contributed by atoms with Crippen molar-refractivity contribution in [3.63, 3.8) is 0 Å². The van der Waals surface area contributed by atoms with E-state index in [0.29, 0.717) is 11.3 Å². The van der Waals surface area contributed by atoms with Gasteiger partial charge in [-0.1, -0.05) is 6.92 Å². The minimum Gasteiger partial charge on any atom is -0.481 e. The van der Waals surface area contributed by atoms with Gasteiger partial charge in [0, 0.05) is 5.25 Å². The van der Waals surface area contributed by atoms with E-state index in [0.717, 1.165) is 25.7 Å². The molecule has 3 nitrogen and oxygen atoms in total. The molecule has 1 aliphatic heterocycles. The van der Waals surface area contributed by atoms with Crippen LogP contribution in [0.25, 0.3) is 0 Å². The van der Waals surface area contributed by atoms with Crippen LogP contribution in [0.2, 0.25) is 0 Å². The van der Waals surface area contributed by atoms with Crippen molar-refractivity contribution in [2.45, 2.75) is 43.9 Å². The molecule has 1 heterocycles. The van der Waals surface area contributed by atoms with Gasteiger partial charge in [-0.2, -0.15) is 0 Å². The summed E-state index contributed by atoms with van der Waals surface area (Å²) in [7, 11) is 0. The van der Waals surface area contributed by atoms with E-state index in [4.69, 9.17) is 5.11 Å². The fourth-order valence-electron chi connectivity index (χ4n) is 2.18. The zero-order chi connectivity index (χ0) is 10.1. The van der Waals surface area contributed by atoms with Gasteiger partial charge < -0.3 is 5.11 Å². The van der Waals surface area contributed by atoms with Gasteiger partial charge in [0.25, 0.3) is 0 Å². The first-order chi connectivity index (χ1) is 6.70. The van der Waals surface area contributed by atoms with Crippen LogP contribution < -0.4 is 0 Å². The van der Waals surface area contributed by atoms with E-state index >= 15 is 0 Å². The summed E-state index contributed by atoms with van der Waals surface area (Å²) in [5, 5.41) is 10.6. The van der Waals surface area contributed by atoms with Crippen molar-refractivity contribution in [3.8, 4) is 0 Å². The topological polar surface area (TPSA) is 49.7 Å². The zero-order valence-electron chi connectivity index (χ0n) is 8.27. The Kier molecular flexibility index (Phi) is 2.81. The van der Waals surface area contributed by atoms with Crippen molar-refractivity contribution in [1.29, 1.82) is 0 Å². The van der Waals surface area contributed by atoms with Crippen LogP contribution in [0.4, 0.5) is 0 Å². The summed E-state index contributed by atoms with van der Waals surface area (Å²) in [6, 6.07) is 0.408. The molecular weight excluding hydrogens is 198 g/mol. The Morgan fingerprint density at radius 1 is 1.64 bits per heavy atom. The highest BCUT2D eigenvalue weighted by Gasteiger charge is 2.37. The second-order valence-electron chi connectivity index (χ2n) is 3.95. The third-order valence-electron chi connectivity index (χ3n) is 3.01. The number of aliphatic carboxylic acids is 1. The largest absolute Gasteiger partial charge is 0.481 e. The molecule has 1 aliphatic carbocycles. The minimum absolute atomic E-state index is 0.129. The van der Waals surface area contributed by atoms with Gasteiger partial charge in [-0.05, 0) is 25.7 Å².